The van der Waals surface area contributed by atoms with Gasteiger partial charge in [0.25, 0.3) is 5.91 Å². The molecule has 2 aromatic carbocycles. The first-order chi connectivity index (χ1) is 15.1. The van der Waals surface area contributed by atoms with Crippen LogP contribution in [-0.4, -0.2) is 51.3 Å². The van der Waals surface area contributed by atoms with E-state index in [2.05, 4.69) is 10.6 Å². The van der Waals surface area contributed by atoms with E-state index < -0.39 is 28.6 Å². The topological polar surface area (TPSA) is 114 Å². The van der Waals surface area contributed by atoms with Crippen molar-refractivity contribution in [2.45, 2.75) is 31.3 Å². The van der Waals surface area contributed by atoms with Crippen LogP contribution in [0.25, 0.3) is 0 Å². The molecule has 172 valence electrons. The van der Waals surface area contributed by atoms with Crippen LogP contribution in [-0.2, 0) is 19.6 Å². The number of methoxy groups -OCH3 is 1. The number of halogens is 1. The molecule has 1 aliphatic rings. The number of carbonyl (C=O) groups excluding carboxylic acids is 2. The lowest BCUT2D eigenvalue weighted by atomic mass is 10.1. The van der Waals surface area contributed by atoms with Crippen molar-refractivity contribution in [1.29, 1.82) is 0 Å². The maximum atomic E-state index is 13.1. The van der Waals surface area contributed by atoms with Gasteiger partial charge in [0, 0.05) is 18.8 Å². The highest BCUT2D eigenvalue weighted by atomic mass is 35.5. The second-order valence-electron chi connectivity index (χ2n) is 7.28. The van der Waals surface area contributed by atoms with Crippen LogP contribution in [0, 0.1) is 6.92 Å². The first kappa shape index (κ1) is 23.8. The van der Waals surface area contributed by atoms with Crippen molar-refractivity contribution in [2.24, 2.45) is 0 Å². The van der Waals surface area contributed by atoms with Crippen LogP contribution in [0.1, 0.15) is 18.9 Å². The van der Waals surface area contributed by atoms with Crippen LogP contribution in [0.2, 0.25) is 5.02 Å². The van der Waals surface area contributed by atoms with Crippen molar-refractivity contribution in [2.75, 3.05) is 31.3 Å². The molecule has 1 aliphatic heterocycles. The Bertz CT molecular complexity index is 1170. The largest absolute Gasteiger partial charge is 0.495 e. The van der Waals surface area contributed by atoms with Crippen LogP contribution in [0.5, 0.6) is 11.5 Å². The Balaban J connectivity index is 1.78. The number of likely N-dealkylation sites (N-methyl/N-ethyl adjacent to an activating group) is 1. The van der Waals surface area contributed by atoms with E-state index in [1.807, 2.05) is 0 Å². The zero-order valence-electron chi connectivity index (χ0n) is 18.1. The second-order valence-corrected chi connectivity index (χ2v) is 9.70. The Morgan fingerprint density at radius 2 is 2.03 bits per heavy atom. The van der Waals surface area contributed by atoms with E-state index in [4.69, 9.17) is 21.1 Å². The third kappa shape index (κ3) is 4.82. The lowest BCUT2D eigenvalue weighted by Gasteiger charge is -2.27. The van der Waals surface area contributed by atoms with Gasteiger partial charge in [-0.3, -0.25) is 9.59 Å². The smallest absolute Gasteiger partial charge is 0.265 e. The molecule has 0 saturated heterocycles. The van der Waals surface area contributed by atoms with Gasteiger partial charge in [-0.05, 0) is 43.2 Å². The molecule has 0 spiro atoms. The number of hydrogen-bond acceptors (Lipinski definition) is 6. The molecule has 11 heteroatoms. The molecule has 0 radical (unpaired) electrons. The van der Waals surface area contributed by atoms with Crippen LogP contribution in [0.3, 0.4) is 0 Å². The zero-order chi connectivity index (χ0) is 23.6. The number of sulfonamides is 1. The number of benzene rings is 2. The summed E-state index contributed by atoms with van der Waals surface area (Å²) in [5.41, 5.74) is 1.23. The number of carbonyl (C=O) groups is 2. The summed E-state index contributed by atoms with van der Waals surface area (Å²) in [6.07, 6.45) is -0.253. The van der Waals surface area contributed by atoms with Crippen LogP contribution < -0.4 is 20.1 Å². The molecule has 2 amide bonds. The van der Waals surface area contributed by atoms with Gasteiger partial charge in [-0.25, -0.2) is 8.42 Å². The van der Waals surface area contributed by atoms with E-state index >= 15 is 0 Å². The molecular formula is C21H24ClN3O6S. The molecule has 32 heavy (non-hydrogen) atoms. The van der Waals surface area contributed by atoms with E-state index in [9.17, 15) is 18.0 Å². The summed E-state index contributed by atoms with van der Waals surface area (Å²) in [5, 5.41) is 5.65. The Kier molecular flexibility index (Phi) is 6.97. The molecule has 2 N–H and O–H groups in total. The number of ether oxygens (including phenoxy) is 2. The average Bonchev–Trinajstić information content (AvgIpc) is 2.72. The maximum absolute atomic E-state index is 13.1. The van der Waals surface area contributed by atoms with Crippen LogP contribution in [0.4, 0.5) is 11.4 Å². The summed E-state index contributed by atoms with van der Waals surface area (Å²) in [4.78, 5) is 24.4. The molecule has 9 nitrogen and oxygen atoms in total. The van der Waals surface area contributed by atoms with Crippen molar-refractivity contribution in [3.63, 3.8) is 0 Å². The number of anilines is 2. The fourth-order valence-corrected chi connectivity index (χ4v) is 4.83. The molecule has 0 unspecified atom stereocenters. The Labute approximate surface area is 191 Å². The second kappa shape index (κ2) is 9.35. The lowest BCUT2D eigenvalue weighted by molar-refractivity contribution is -0.123. The molecule has 0 fully saturated rings. The summed E-state index contributed by atoms with van der Waals surface area (Å²) in [6.45, 7) is 2.99. The normalized spacial score (nSPS) is 15.6. The molecule has 3 rings (SSSR count). The predicted molar refractivity (Wildman–Crippen MR) is 121 cm³/mol. The standard InChI is InChI=1S/C21H24ClN3O6S/c1-5-16-21(27)24-15-8-12(2)19(10-18(15)31-16)32(28,29)25(3)11-20(26)23-13-6-7-17(30-4)14(22)9-13/h6-10,16H,5,11H2,1-4H3,(H,23,26)(H,24,27)/t16-/m1/s1. The molecular weight excluding hydrogens is 458 g/mol. The fourth-order valence-electron chi connectivity index (χ4n) is 3.23. The summed E-state index contributed by atoms with van der Waals surface area (Å²) in [6, 6.07) is 7.62. The number of fused-ring (bicyclic) bond motifs is 1. The van der Waals surface area contributed by atoms with Crippen molar-refractivity contribution in [1.82, 2.24) is 4.31 Å². The van der Waals surface area contributed by atoms with Gasteiger partial charge >= 0.3 is 0 Å². The van der Waals surface area contributed by atoms with Crippen LogP contribution in [0.15, 0.2) is 35.2 Å². The number of nitrogens with zero attached hydrogens (tertiary/aromatic N) is 1. The Morgan fingerprint density at radius 1 is 1.31 bits per heavy atom. The molecule has 0 aliphatic carbocycles. The average molecular weight is 482 g/mol. The SMILES string of the molecule is CC[C@H]1Oc2cc(S(=O)(=O)N(C)CC(=O)Nc3ccc(OC)c(Cl)c3)c(C)cc2NC1=O. The summed E-state index contributed by atoms with van der Waals surface area (Å²) < 4.78 is 38.0. The molecule has 0 aromatic heterocycles. The van der Waals surface area contributed by atoms with E-state index in [0.29, 0.717) is 34.1 Å². The molecule has 0 saturated carbocycles. The molecule has 1 atom stereocenters. The minimum Gasteiger partial charge on any atom is -0.495 e. The molecule has 0 bridgehead atoms. The summed E-state index contributed by atoms with van der Waals surface area (Å²) >= 11 is 6.06. The fraction of sp³-hybridized carbons (Fsp3) is 0.333. The summed E-state index contributed by atoms with van der Waals surface area (Å²) in [5.74, 6) is -0.0905. The van der Waals surface area contributed by atoms with Crippen LogP contribution >= 0.6 is 11.6 Å². The van der Waals surface area contributed by atoms with E-state index in [1.165, 1.54) is 26.3 Å². The number of nitrogens with one attached hydrogen (secondary N) is 2. The van der Waals surface area contributed by atoms with Gasteiger partial charge < -0.3 is 20.1 Å². The van der Waals surface area contributed by atoms with Crippen molar-refractivity contribution in [3.05, 3.63) is 40.9 Å². The quantitative estimate of drug-likeness (QED) is 0.628. The van der Waals surface area contributed by atoms with Crippen molar-refractivity contribution < 1.29 is 27.5 Å². The molecule has 2 aromatic rings. The lowest BCUT2D eigenvalue weighted by Crippen LogP contribution is -2.37. The van der Waals surface area contributed by atoms with Gasteiger partial charge in [-0.2, -0.15) is 4.31 Å². The maximum Gasteiger partial charge on any atom is 0.265 e. The predicted octanol–water partition coefficient (Wildman–Crippen LogP) is 3.03. The third-order valence-corrected chi connectivity index (χ3v) is 7.20. The summed E-state index contributed by atoms with van der Waals surface area (Å²) in [7, 11) is -1.23. The minimum atomic E-state index is -4.01. The van der Waals surface area contributed by atoms with E-state index in [1.54, 1.807) is 32.0 Å². The van der Waals surface area contributed by atoms with Crippen molar-refractivity contribution >= 4 is 44.8 Å². The Hall–Kier alpha value is -2.82. The first-order valence-corrected chi connectivity index (χ1v) is 11.6. The van der Waals surface area contributed by atoms with Gasteiger partial charge in [0.05, 0.1) is 29.3 Å². The minimum absolute atomic E-state index is 0.00922. The van der Waals surface area contributed by atoms with Gasteiger partial charge in [-0.1, -0.05) is 18.5 Å². The number of hydrogen-bond donors (Lipinski definition) is 2. The van der Waals surface area contributed by atoms with Gasteiger partial charge in [0.15, 0.2) is 6.10 Å². The highest BCUT2D eigenvalue weighted by molar-refractivity contribution is 7.89. The Morgan fingerprint density at radius 3 is 2.66 bits per heavy atom. The van der Waals surface area contributed by atoms with E-state index in [-0.39, 0.29) is 16.6 Å². The van der Waals surface area contributed by atoms with Gasteiger partial charge in [-0.15, -0.1) is 0 Å². The number of amides is 2. The van der Waals surface area contributed by atoms with Crippen molar-refractivity contribution in [3.8, 4) is 11.5 Å². The highest BCUT2D eigenvalue weighted by Crippen LogP contribution is 2.35. The van der Waals surface area contributed by atoms with Gasteiger partial charge in [0.2, 0.25) is 15.9 Å². The first-order valence-electron chi connectivity index (χ1n) is 9.78. The zero-order valence-corrected chi connectivity index (χ0v) is 19.6. The third-order valence-electron chi connectivity index (χ3n) is 4.96. The van der Waals surface area contributed by atoms with E-state index in [0.717, 1.165) is 4.31 Å². The van der Waals surface area contributed by atoms with Gasteiger partial charge in [0.1, 0.15) is 11.5 Å². The number of aryl methyl sites for hydroxylation is 1. The molecule has 1 heterocycles. The monoisotopic (exact) mass is 481 g/mol. The number of rotatable bonds is 7. The highest BCUT2D eigenvalue weighted by Gasteiger charge is 2.31.